The van der Waals surface area contributed by atoms with Crippen molar-refractivity contribution in [3.63, 3.8) is 0 Å². The van der Waals surface area contributed by atoms with E-state index in [4.69, 9.17) is 18.0 Å². The zero-order chi connectivity index (χ0) is 15.9. The van der Waals surface area contributed by atoms with Gasteiger partial charge in [0.15, 0.2) is 11.6 Å². The van der Waals surface area contributed by atoms with Gasteiger partial charge in [0.05, 0.1) is 28.1 Å². The molecule has 0 unspecified atom stereocenters. The predicted molar refractivity (Wildman–Crippen MR) is 81.8 cm³/mol. The van der Waals surface area contributed by atoms with Gasteiger partial charge in [-0.15, -0.1) is 0 Å². The molecular weight excluding hydrogens is 311 g/mol. The van der Waals surface area contributed by atoms with Crippen molar-refractivity contribution in [2.45, 2.75) is 6.54 Å². The van der Waals surface area contributed by atoms with E-state index in [1.54, 1.807) is 12.1 Å². The zero-order valence-corrected chi connectivity index (χ0v) is 12.0. The fourth-order valence-electron chi connectivity index (χ4n) is 2.28. The number of rotatable bonds is 3. The SMILES string of the molecule is NC(=S)Cn1c(-c2ccccc2F)nc2cc(F)c(F)cc21. The number of hydrogen-bond donors (Lipinski definition) is 1. The van der Waals surface area contributed by atoms with Gasteiger partial charge < -0.3 is 10.3 Å². The van der Waals surface area contributed by atoms with Crippen LogP contribution in [0.3, 0.4) is 0 Å². The summed E-state index contributed by atoms with van der Waals surface area (Å²) in [7, 11) is 0. The molecule has 0 atom stereocenters. The van der Waals surface area contributed by atoms with E-state index in [1.165, 1.54) is 16.7 Å². The number of thiocarbonyl (C=S) groups is 1. The Hall–Kier alpha value is -2.41. The van der Waals surface area contributed by atoms with Crippen LogP contribution in [0.2, 0.25) is 0 Å². The number of nitrogens with two attached hydrogens (primary N) is 1. The van der Waals surface area contributed by atoms with Crippen LogP contribution in [-0.2, 0) is 6.54 Å². The first-order valence-electron chi connectivity index (χ1n) is 6.36. The minimum Gasteiger partial charge on any atom is -0.392 e. The highest BCUT2D eigenvalue weighted by atomic mass is 32.1. The summed E-state index contributed by atoms with van der Waals surface area (Å²) in [5, 5.41) is 0. The van der Waals surface area contributed by atoms with E-state index in [-0.39, 0.29) is 28.4 Å². The molecule has 0 fully saturated rings. The number of halogens is 3. The fraction of sp³-hybridized carbons (Fsp3) is 0.0667. The van der Waals surface area contributed by atoms with E-state index >= 15 is 0 Å². The summed E-state index contributed by atoms with van der Waals surface area (Å²) < 4.78 is 42.4. The molecule has 3 nitrogen and oxygen atoms in total. The zero-order valence-electron chi connectivity index (χ0n) is 11.2. The number of aromatic nitrogens is 2. The average Bonchev–Trinajstić information content (AvgIpc) is 2.77. The Balaban J connectivity index is 2.33. The first-order valence-corrected chi connectivity index (χ1v) is 6.76. The average molecular weight is 321 g/mol. The molecule has 0 amide bonds. The van der Waals surface area contributed by atoms with Crippen molar-refractivity contribution in [1.29, 1.82) is 0 Å². The standard InChI is InChI=1S/C15H10F3N3S/c16-9-4-2-1-3-8(9)15-20-12-5-10(17)11(18)6-13(12)21(15)7-14(19)22/h1-6H,7H2,(H2,19,22). The van der Waals surface area contributed by atoms with Crippen molar-refractivity contribution in [2.24, 2.45) is 5.73 Å². The van der Waals surface area contributed by atoms with Gasteiger partial charge in [0.25, 0.3) is 0 Å². The number of nitrogens with zero attached hydrogens (tertiary/aromatic N) is 2. The maximum Gasteiger partial charge on any atom is 0.161 e. The molecule has 0 bridgehead atoms. The van der Waals surface area contributed by atoms with Crippen molar-refractivity contribution in [1.82, 2.24) is 9.55 Å². The molecule has 0 aliphatic heterocycles. The van der Waals surface area contributed by atoms with Crippen LogP contribution in [0, 0.1) is 17.5 Å². The molecule has 0 saturated heterocycles. The summed E-state index contributed by atoms with van der Waals surface area (Å²) in [5.41, 5.74) is 6.25. The third kappa shape index (κ3) is 2.43. The Labute approximate surface area is 129 Å². The van der Waals surface area contributed by atoms with Crippen LogP contribution < -0.4 is 5.73 Å². The third-order valence-electron chi connectivity index (χ3n) is 3.22. The summed E-state index contributed by atoms with van der Waals surface area (Å²) in [6.45, 7) is 0.0422. The second kappa shape index (κ2) is 5.42. The molecule has 7 heteroatoms. The Morgan fingerprint density at radius 1 is 1.09 bits per heavy atom. The van der Waals surface area contributed by atoms with Crippen molar-refractivity contribution in [3.8, 4) is 11.4 Å². The van der Waals surface area contributed by atoms with Crippen LogP contribution in [0.25, 0.3) is 22.4 Å². The number of fused-ring (bicyclic) bond motifs is 1. The summed E-state index contributed by atoms with van der Waals surface area (Å²) in [6, 6.07) is 7.95. The Kier molecular flexibility index (Phi) is 3.58. The summed E-state index contributed by atoms with van der Waals surface area (Å²) >= 11 is 4.88. The van der Waals surface area contributed by atoms with E-state index in [9.17, 15) is 13.2 Å². The second-order valence-corrected chi connectivity index (χ2v) is 5.25. The van der Waals surface area contributed by atoms with E-state index in [1.807, 2.05) is 0 Å². The third-order valence-corrected chi connectivity index (χ3v) is 3.35. The Bertz CT molecular complexity index is 889. The molecule has 0 spiro atoms. The highest BCUT2D eigenvalue weighted by molar-refractivity contribution is 7.80. The van der Waals surface area contributed by atoms with Gasteiger partial charge in [-0.05, 0) is 12.1 Å². The van der Waals surface area contributed by atoms with E-state index in [0.29, 0.717) is 5.52 Å². The Morgan fingerprint density at radius 3 is 2.45 bits per heavy atom. The van der Waals surface area contributed by atoms with Gasteiger partial charge >= 0.3 is 0 Å². The molecule has 3 aromatic rings. The molecule has 1 heterocycles. The first-order chi connectivity index (χ1) is 10.5. The second-order valence-electron chi connectivity index (χ2n) is 4.72. The molecule has 0 saturated carbocycles. The van der Waals surface area contributed by atoms with Gasteiger partial charge in [-0.2, -0.15) is 0 Å². The van der Waals surface area contributed by atoms with E-state index in [2.05, 4.69) is 4.98 Å². The van der Waals surface area contributed by atoms with Crippen molar-refractivity contribution in [2.75, 3.05) is 0 Å². The highest BCUT2D eigenvalue weighted by Gasteiger charge is 2.18. The molecule has 0 radical (unpaired) electrons. The molecular formula is C15H10F3N3S. The fourth-order valence-corrected chi connectivity index (χ4v) is 2.41. The lowest BCUT2D eigenvalue weighted by molar-refractivity contribution is 0.510. The molecule has 22 heavy (non-hydrogen) atoms. The lowest BCUT2D eigenvalue weighted by Gasteiger charge is -2.09. The van der Waals surface area contributed by atoms with Crippen molar-refractivity contribution in [3.05, 3.63) is 53.8 Å². The van der Waals surface area contributed by atoms with E-state index < -0.39 is 17.5 Å². The molecule has 0 aliphatic rings. The summed E-state index contributed by atoms with van der Waals surface area (Å²) in [4.78, 5) is 4.33. The van der Waals surface area contributed by atoms with Gasteiger partial charge in [-0.25, -0.2) is 18.2 Å². The summed E-state index contributed by atoms with van der Waals surface area (Å²) in [5.74, 6) is -2.32. The van der Waals surface area contributed by atoms with Crippen LogP contribution >= 0.6 is 12.2 Å². The van der Waals surface area contributed by atoms with Gasteiger partial charge in [0.1, 0.15) is 11.6 Å². The summed E-state index contributed by atoms with van der Waals surface area (Å²) in [6.07, 6.45) is 0. The van der Waals surface area contributed by atoms with Gasteiger partial charge in [-0.3, -0.25) is 0 Å². The molecule has 112 valence electrons. The number of imidazole rings is 1. The lowest BCUT2D eigenvalue weighted by Crippen LogP contribution is -2.17. The molecule has 3 rings (SSSR count). The molecule has 2 N–H and O–H groups in total. The largest absolute Gasteiger partial charge is 0.392 e. The topological polar surface area (TPSA) is 43.8 Å². The smallest absolute Gasteiger partial charge is 0.161 e. The minimum absolute atomic E-state index is 0.0422. The van der Waals surface area contributed by atoms with Gasteiger partial charge in [-0.1, -0.05) is 24.4 Å². The molecule has 0 aliphatic carbocycles. The van der Waals surface area contributed by atoms with Crippen LogP contribution in [-0.4, -0.2) is 14.5 Å². The monoisotopic (exact) mass is 321 g/mol. The maximum atomic E-state index is 14.0. The first kappa shape index (κ1) is 14.5. The molecule has 2 aromatic carbocycles. The van der Waals surface area contributed by atoms with Crippen LogP contribution in [0.15, 0.2) is 36.4 Å². The lowest BCUT2D eigenvalue weighted by atomic mass is 10.2. The van der Waals surface area contributed by atoms with Crippen LogP contribution in [0.5, 0.6) is 0 Å². The van der Waals surface area contributed by atoms with Crippen LogP contribution in [0.4, 0.5) is 13.2 Å². The number of benzene rings is 2. The number of hydrogen-bond acceptors (Lipinski definition) is 2. The van der Waals surface area contributed by atoms with Crippen molar-refractivity contribution < 1.29 is 13.2 Å². The molecule has 1 aromatic heterocycles. The van der Waals surface area contributed by atoms with Crippen molar-refractivity contribution >= 4 is 28.2 Å². The Morgan fingerprint density at radius 2 is 1.77 bits per heavy atom. The van der Waals surface area contributed by atoms with Gasteiger partial charge in [0, 0.05) is 12.1 Å². The maximum absolute atomic E-state index is 14.0. The predicted octanol–water partition coefficient (Wildman–Crippen LogP) is 3.41. The van der Waals surface area contributed by atoms with Gasteiger partial charge in [0.2, 0.25) is 0 Å². The van der Waals surface area contributed by atoms with Crippen LogP contribution in [0.1, 0.15) is 0 Å². The normalized spacial score (nSPS) is 11.0. The minimum atomic E-state index is -1.02. The van der Waals surface area contributed by atoms with E-state index in [0.717, 1.165) is 12.1 Å². The highest BCUT2D eigenvalue weighted by Crippen LogP contribution is 2.28. The quantitative estimate of drug-likeness (QED) is 0.752.